The van der Waals surface area contributed by atoms with Crippen LogP contribution < -0.4 is 0 Å². The van der Waals surface area contributed by atoms with Gasteiger partial charge in [0.05, 0.1) is 6.10 Å². The Morgan fingerprint density at radius 2 is 1.78 bits per heavy atom. The maximum Gasteiger partial charge on any atom is 0.123 e. The zero-order valence-corrected chi connectivity index (χ0v) is 11.2. The molecular formula is C15H12BrFO. The van der Waals surface area contributed by atoms with Crippen molar-refractivity contribution in [2.45, 2.75) is 18.4 Å². The van der Waals surface area contributed by atoms with Crippen molar-refractivity contribution in [2.24, 2.45) is 0 Å². The predicted octanol–water partition coefficient (Wildman–Crippen LogP) is 4.16. The highest BCUT2D eigenvalue weighted by Gasteiger charge is 2.30. The molecule has 1 aliphatic carbocycles. The average molecular weight is 307 g/mol. The highest BCUT2D eigenvalue weighted by molar-refractivity contribution is 9.10. The molecule has 0 saturated carbocycles. The Bertz CT molecular complexity index is 580. The van der Waals surface area contributed by atoms with Crippen LogP contribution in [-0.4, -0.2) is 5.11 Å². The molecule has 0 amide bonds. The van der Waals surface area contributed by atoms with Gasteiger partial charge in [-0.25, -0.2) is 4.39 Å². The smallest absolute Gasteiger partial charge is 0.123 e. The molecule has 2 aromatic carbocycles. The van der Waals surface area contributed by atoms with E-state index in [-0.39, 0.29) is 11.7 Å². The predicted molar refractivity (Wildman–Crippen MR) is 72.0 cm³/mol. The van der Waals surface area contributed by atoms with Crippen LogP contribution in [0.5, 0.6) is 0 Å². The molecule has 0 aliphatic heterocycles. The van der Waals surface area contributed by atoms with Crippen LogP contribution in [0.15, 0.2) is 46.9 Å². The largest absolute Gasteiger partial charge is 0.388 e. The van der Waals surface area contributed by atoms with Gasteiger partial charge in [0, 0.05) is 10.4 Å². The summed E-state index contributed by atoms with van der Waals surface area (Å²) < 4.78 is 13.9. The molecular weight excluding hydrogens is 295 g/mol. The lowest BCUT2D eigenvalue weighted by Crippen LogP contribution is -1.96. The highest BCUT2D eigenvalue weighted by atomic mass is 79.9. The van der Waals surface area contributed by atoms with Crippen LogP contribution in [0.2, 0.25) is 0 Å². The fourth-order valence-corrected chi connectivity index (χ4v) is 3.02. The molecule has 0 fully saturated rings. The van der Waals surface area contributed by atoms with Crippen LogP contribution in [0.25, 0.3) is 0 Å². The second-order valence-electron chi connectivity index (χ2n) is 4.63. The zero-order valence-electron chi connectivity index (χ0n) is 9.61. The van der Waals surface area contributed by atoms with Crippen LogP contribution in [0, 0.1) is 5.82 Å². The normalized spacial score (nSPS) is 21.9. The standard InChI is InChI=1S/C15H12BrFO/c16-10-3-6-12-13(8-15(18)14(12)7-10)9-1-4-11(17)5-2-9/h1-7,13,15,18H,8H2/t13-,15+/m0/s1. The molecule has 1 aliphatic rings. The highest BCUT2D eigenvalue weighted by Crippen LogP contribution is 2.44. The van der Waals surface area contributed by atoms with Gasteiger partial charge in [0.15, 0.2) is 0 Å². The number of aliphatic hydroxyl groups is 1. The van der Waals surface area contributed by atoms with Gasteiger partial charge in [-0.1, -0.05) is 34.1 Å². The molecule has 1 nitrogen and oxygen atoms in total. The number of fused-ring (bicyclic) bond motifs is 1. The zero-order chi connectivity index (χ0) is 12.7. The van der Waals surface area contributed by atoms with Gasteiger partial charge >= 0.3 is 0 Å². The molecule has 3 heteroatoms. The lowest BCUT2D eigenvalue weighted by atomic mass is 9.93. The number of hydrogen-bond donors (Lipinski definition) is 1. The Morgan fingerprint density at radius 1 is 1.06 bits per heavy atom. The average Bonchev–Trinajstić information content (AvgIpc) is 2.68. The Labute approximate surface area is 113 Å². The minimum atomic E-state index is -0.437. The quantitative estimate of drug-likeness (QED) is 0.839. The monoisotopic (exact) mass is 306 g/mol. The van der Waals surface area contributed by atoms with Crippen LogP contribution in [0.1, 0.15) is 35.1 Å². The van der Waals surface area contributed by atoms with Crippen LogP contribution in [0.3, 0.4) is 0 Å². The number of halogens is 2. The molecule has 0 unspecified atom stereocenters. The summed E-state index contributed by atoms with van der Waals surface area (Å²) in [4.78, 5) is 0. The SMILES string of the molecule is O[C@@H]1C[C@@H](c2ccc(F)cc2)c2ccc(Br)cc21. The van der Waals surface area contributed by atoms with Crippen molar-refractivity contribution in [1.29, 1.82) is 0 Å². The van der Waals surface area contributed by atoms with Gasteiger partial charge in [-0.05, 0) is 47.4 Å². The van der Waals surface area contributed by atoms with Gasteiger partial charge in [0.1, 0.15) is 5.82 Å². The lowest BCUT2D eigenvalue weighted by Gasteiger charge is -2.11. The van der Waals surface area contributed by atoms with E-state index in [2.05, 4.69) is 15.9 Å². The summed E-state index contributed by atoms with van der Waals surface area (Å²) in [5, 5.41) is 10.1. The topological polar surface area (TPSA) is 20.2 Å². The van der Waals surface area contributed by atoms with E-state index in [9.17, 15) is 9.50 Å². The van der Waals surface area contributed by atoms with Crippen LogP contribution in [-0.2, 0) is 0 Å². The molecule has 0 spiro atoms. The van der Waals surface area contributed by atoms with Crippen molar-refractivity contribution in [3.63, 3.8) is 0 Å². The number of rotatable bonds is 1. The maximum atomic E-state index is 12.9. The van der Waals surface area contributed by atoms with Gasteiger partial charge in [0.25, 0.3) is 0 Å². The Kier molecular flexibility index (Phi) is 2.96. The van der Waals surface area contributed by atoms with E-state index >= 15 is 0 Å². The van der Waals surface area contributed by atoms with Crippen molar-refractivity contribution < 1.29 is 9.50 Å². The molecule has 2 aromatic rings. The Hall–Kier alpha value is -1.19. The third-order valence-corrected chi connectivity index (χ3v) is 4.01. The van der Waals surface area contributed by atoms with Crippen molar-refractivity contribution >= 4 is 15.9 Å². The number of benzene rings is 2. The summed E-state index contributed by atoms with van der Waals surface area (Å²) in [6.45, 7) is 0. The van der Waals surface area contributed by atoms with Crippen molar-refractivity contribution in [1.82, 2.24) is 0 Å². The third-order valence-electron chi connectivity index (χ3n) is 3.51. The maximum absolute atomic E-state index is 12.9. The van der Waals surface area contributed by atoms with Crippen LogP contribution in [0.4, 0.5) is 4.39 Å². The van der Waals surface area contributed by atoms with Gasteiger partial charge in [0.2, 0.25) is 0 Å². The van der Waals surface area contributed by atoms with E-state index in [1.165, 1.54) is 12.1 Å². The fraction of sp³-hybridized carbons (Fsp3) is 0.200. The molecule has 3 rings (SSSR count). The molecule has 18 heavy (non-hydrogen) atoms. The first-order valence-electron chi connectivity index (χ1n) is 5.88. The second kappa shape index (κ2) is 4.48. The summed E-state index contributed by atoms with van der Waals surface area (Å²) in [5.41, 5.74) is 3.16. The van der Waals surface area contributed by atoms with Crippen molar-refractivity contribution in [3.05, 3.63) is 69.4 Å². The molecule has 1 N–H and O–H groups in total. The van der Waals surface area contributed by atoms with Gasteiger partial charge in [-0.3, -0.25) is 0 Å². The Balaban J connectivity index is 2.05. The van der Waals surface area contributed by atoms with Crippen molar-refractivity contribution in [3.8, 4) is 0 Å². The van der Waals surface area contributed by atoms with Gasteiger partial charge < -0.3 is 5.11 Å². The van der Waals surface area contributed by atoms with Gasteiger partial charge in [-0.15, -0.1) is 0 Å². The number of hydrogen-bond acceptors (Lipinski definition) is 1. The second-order valence-corrected chi connectivity index (χ2v) is 5.54. The molecule has 92 valence electrons. The van der Waals surface area contributed by atoms with E-state index in [0.29, 0.717) is 6.42 Å². The van der Waals surface area contributed by atoms with Crippen LogP contribution >= 0.6 is 15.9 Å². The molecule has 0 aromatic heterocycles. The van der Waals surface area contributed by atoms with E-state index in [1.54, 1.807) is 12.1 Å². The first-order valence-corrected chi connectivity index (χ1v) is 6.67. The summed E-state index contributed by atoms with van der Waals surface area (Å²) >= 11 is 3.42. The summed E-state index contributed by atoms with van der Waals surface area (Å²) in [6, 6.07) is 12.5. The summed E-state index contributed by atoms with van der Waals surface area (Å²) in [7, 11) is 0. The fourth-order valence-electron chi connectivity index (χ4n) is 2.64. The van der Waals surface area contributed by atoms with Crippen molar-refractivity contribution in [2.75, 3.05) is 0 Å². The minimum absolute atomic E-state index is 0.156. The molecule has 0 bridgehead atoms. The third kappa shape index (κ3) is 1.98. The first-order chi connectivity index (χ1) is 8.65. The first kappa shape index (κ1) is 11.9. The van der Waals surface area contributed by atoms with E-state index < -0.39 is 6.10 Å². The lowest BCUT2D eigenvalue weighted by molar-refractivity contribution is 0.176. The number of aliphatic hydroxyl groups excluding tert-OH is 1. The summed E-state index contributed by atoms with van der Waals surface area (Å²) in [6.07, 6.45) is 0.227. The molecule has 2 atom stereocenters. The molecule has 0 radical (unpaired) electrons. The molecule has 0 saturated heterocycles. The van der Waals surface area contributed by atoms with E-state index in [1.807, 2.05) is 18.2 Å². The Morgan fingerprint density at radius 3 is 2.50 bits per heavy atom. The van der Waals surface area contributed by atoms with Gasteiger partial charge in [-0.2, -0.15) is 0 Å². The summed E-state index contributed by atoms with van der Waals surface area (Å²) in [5.74, 6) is -0.0722. The minimum Gasteiger partial charge on any atom is -0.388 e. The van der Waals surface area contributed by atoms with E-state index in [4.69, 9.17) is 0 Å². The van der Waals surface area contributed by atoms with E-state index in [0.717, 1.165) is 21.2 Å². The molecule has 0 heterocycles.